The molecule has 1 aliphatic heterocycles. The van der Waals surface area contributed by atoms with Crippen LogP contribution < -0.4 is 0 Å². The number of aromatic nitrogens is 2. The third-order valence-corrected chi connectivity index (χ3v) is 7.19. The number of hydrogen-bond acceptors (Lipinski definition) is 3. The Morgan fingerprint density at radius 3 is 2.23 bits per heavy atom. The molecule has 3 aromatic rings. The second-order valence-electron chi connectivity index (χ2n) is 8.75. The van der Waals surface area contributed by atoms with Crippen molar-refractivity contribution in [1.29, 1.82) is 0 Å². The van der Waals surface area contributed by atoms with E-state index in [4.69, 9.17) is 21.6 Å². The molecular weight excluding hydrogens is 450 g/mol. The summed E-state index contributed by atoms with van der Waals surface area (Å²) in [5.41, 5.74) is 11.1. The van der Waals surface area contributed by atoms with Crippen molar-refractivity contribution in [2.24, 2.45) is 4.99 Å². The minimum atomic E-state index is 0.0814. The van der Waals surface area contributed by atoms with E-state index < -0.39 is 0 Å². The Bertz CT molecular complexity index is 1360. The lowest BCUT2D eigenvalue weighted by molar-refractivity contribution is 0.875. The van der Waals surface area contributed by atoms with Gasteiger partial charge in [0.15, 0.2) is 0 Å². The van der Waals surface area contributed by atoms with Gasteiger partial charge in [-0.05, 0) is 47.1 Å². The SMILES string of the molecule is C=C/C1=C(CC)/N=C\C(=C)c2cccc(-c3cccc(-c4cnc(CC)c(CC)n4)c3Cl)c2C1C. The Morgan fingerprint density at radius 2 is 1.57 bits per heavy atom. The quantitative estimate of drug-likeness (QED) is 0.353. The van der Waals surface area contributed by atoms with Crippen molar-refractivity contribution >= 4 is 23.4 Å². The van der Waals surface area contributed by atoms with Gasteiger partial charge >= 0.3 is 0 Å². The summed E-state index contributed by atoms with van der Waals surface area (Å²) in [6, 6.07) is 12.5. The highest BCUT2D eigenvalue weighted by molar-refractivity contribution is 6.36. The molecule has 1 aromatic heterocycles. The average Bonchev–Trinajstić information content (AvgIpc) is 2.89. The minimum Gasteiger partial charge on any atom is -0.260 e. The molecule has 0 fully saturated rings. The number of aryl methyl sites for hydroxylation is 2. The highest BCUT2D eigenvalue weighted by atomic mass is 35.5. The van der Waals surface area contributed by atoms with Gasteiger partial charge in [0.2, 0.25) is 0 Å². The molecule has 3 nitrogen and oxygen atoms in total. The molecule has 178 valence electrons. The Hall–Kier alpha value is -3.30. The molecule has 0 spiro atoms. The maximum Gasteiger partial charge on any atom is 0.0903 e. The van der Waals surface area contributed by atoms with Gasteiger partial charge in [0.1, 0.15) is 0 Å². The Balaban J connectivity index is 1.95. The number of benzene rings is 2. The van der Waals surface area contributed by atoms with Gasteiger partial charge in [-0.25, -0.2) is 4.98 Å². The normalized spacial score (nSPS) is 18.5. The molecule has 35 heavy (non-hydrogen) atoms. The number of rotatable bonds is 6. The minimum absolute atomic E-state index is 0.0814. The van der Waals surface area contributed by atoms with Gasteiger partial charge in [0.25, 0.3) is 0 Å². The Labute approximate surface area is 214 Å². The van der Waals surface area contributed by atoms with E-state index in [0.29, 0.717) is 5.02 Å². The lowest BCUT2D eigenvalue weighted by Gasteiger charge is -2.26. The van der Waals surface area contributed by atoms with Crippen molar-refractivity contribution in [2.75, 3.05) is 0 Å². The lowest BCUT2D eigenvalue weighted by Crippen LogP contribution is -2.08. The summed E-state index contributed by atoms with van der Waals surface area (Å²) >= 11 is 7.12. The van der Waals surface area contributed by atoms with Crippen LogP contribution in [0.15, 0.2) is 78.1 Å². The highest BCUT2D eigenvalue weighted by Gasteiger charge is 2.24. The number of nitrogens with zero attached hydrogens (tertiary/aromatic N) is 3. The summed E-state index contributed by atoms with van der Waals surface area (Å²) in [6.45, 7) is 17.0. The predicted octanol–water partition coefficient (Wildman–Crippen LogP) is 8.64. The van der Waals surface area contributed by atoms with Crippen molar-refractivity contribution < 1.29 is 0 Å². The van der Waals surface area contributed by atoms with Crippen LogP contribution in [0.3, 0.4) is 0 Å². The zero-order valence-corrected chi connectivity index (χ0v) is 21.8. The van der Waals surface area contributed by atoms with E-state index in [0.717, 1.165) is 75.4 Å². The summed E-state index contributed by atoms with van der Waals surface area (Å²) in [7, 11) is 0. The molecule has 0 N–H and O–H groups in total. The predicted molar refractivity (Wildman–Crippen MR) is 150 cm³/mol. The summed E-state index contributed by atoms with van der Waals surface area (Å²) in [4.78, 5) is 14.3. The maximum absolute atomic E-state index is 7.12. The largest absolute Gasteiger partial charge is 0.260 e. The van der Waals surface area contributed by atoms with Crippen molar-refractivity contribution in [3.05, 3.63) is 101 Å². The molecule has 2 aromatic carbocycles. The van der Waals surface area contributed by atoms with Crippen LogP contribution >= 0.6 is 11.6 Å². The van der Waals surface area contributed by atoms with E-state index in [1.165, 1.54) is 5.56 Å². The molecule has 1 aliphatic rings. The Kier molecular flexibility index (Phi) is 7.47. The van der Waals surface area contributed by atoms with Crippen LogP contribution in [0.4, 0.5) is 0 Å². The van der Waals surface area contributed by atoms with E-state index in [1.54, 1.807) is 0 Å². The molecule has 0 saturated carbocycles. The fourth-order valence-electron chi connectivity index (χ4n) is 4.94. The first-order chi connectivity index (χ1) is 16.9. The first kappa shape index (κ1) is 24.8. The van der Waals surface area contributed by atoms with Crippen molar-refractivity contribution in [3.63, 3.8) is 0 Å². The summed E-state index contributed by atoms with van der Waals surface area (Å²) in [5, 5.41) is 0.676. The molecule has 1 unspecified atom stereocenters. The van der Waals surface area contributed by atoms with Gasteiger partial charge in [0, 0.05) is 29.0 Å². The highest BCUT2D eigenvalue weighted by Crippen LogP contribution is 2.44. The van der Waals surface area contributed by atoms with Crippen LogP contribution in [0.5, 0.6) is 0 Å². The van der Waals surface area contributed by atoms with Gasteiger partial charge in [-0.3, -0.25) is 9.98 Å². The van der Waals surface area contributed by atoms with Gasteiger partial charge < -0.3 is 0 Å². The smallest absolute Gasteiger partial charge is 0.0903 e. The van der Waals surface area contributed by atoms with Gasteiger partial charge in [-0.1, -0.05) is 94.9 Å². The van der Waals surface area contributed by atoms with Gasteiger partial charge in [-0.15, -0.1) is 0 Å². The topological polar surface area (TPSA) is 38.1 Å². The maximum atomic E-state index is 7.12. The van der Waals surface area contributed by atoms with E-state index in [2.05, 4.69) is 70.1 Å². The zero-order valence-electron chi connectivity index (χ0n) is 21.0. The zero-order chi connectivity index (χ0) is 25.1. The summed E-state index contributed by atoms with van der Waals surface area (Å²) < 4.78 is 0. The molecule has 2 heterocycles. The second kappa shape index (κ2) is 10.5. The summed E-state index contributed by atoms with van der Waals surface area (Å²) in [6.07, 6.45) is 8.17. The number of aliphatic imine (C=N–C) groups is 1. The molecular formula is C31H32ClN3. The molecule has 1 atom stereocenters. The van der Waals surface area contributed by atoms with Crippen LogP contribution in [0.25, 0.3) is 28.0 Å². The van der Waals surface area contributed by atoms with E-state index in [9.17, 15) is 0 Å². The first-order valence-electron chi connectivity index (χ1n) is 12.3. The summed E-state index contributed by atoms with van der Waals surface area (Å²) in [5.74, 6) is 0.0814. The molecule has 4 heteroatoms. The number of allylic oxidation sites excluding steroid dienone is 4. The number of fused-ring (bicyclic) bond motifs is 1. The van der Waals surface area contributed by atoms with Crippen molar-refractivity contribution in [3.8, 4) is 22.4 Å². The first-order valence-corrected chi connectivity index (χ1v) is 12.7. The standard InChI is InChI=1S/C31H32ClN3/c1-7-21-20(6)30-22(19(5)17-33-26(21)8-2)13-11-14-23(30)24-15-12-16-25(31(24)32)29-18-34-27(9-3)28(10-4)35-29/h7,11-18,20H,1,5,8-10H2,2-4,6H3/b26-21-,33-17-. The molecule has 0 aliphatic carbocycles. The lowest BCUT2D eigenvalue weighted by atomic mass is 9.80. The second-order valence-corrected chi connectivity index (χ2v) is 9.13. The van der Waals surface area contributed by atoms with Gasteiger partial charge in [-0.2, -0.15) is 0 Å². The van der Waals surface area contributed by atoms with Crippen molar-refractivity contribution in [2.45, 2.75) is 52.9 Å². The van der Waals surface area contributed by atoms with Gasteiger partial charge in [0.05, 0.1) is 28.3 Å². The Morgan fingerprint density at radius 1 is 0.914 bits per heavy atom. The third-order valence-electron chi connectivity index (χ3n) is 6.78. The number of halogens is 1. The van der Waals surface area contributed by atoms with Crippen LogP contribution in [-0.2, 0) is 12.8 Å². The third kappa shape index (κ3) is 4.53. The van der Waals surface area contributed by atoms with Crippen LogP contribution in [0, 0.1) is 0 Å². The molecule has 0 saturated heterocycles. The number of hydrogen-bond donors (Lipinski definition) is 0. The van der Waals surface area contributed by atoms with Crippen LogP contribution in [0.1, 0.15) is 62.5 Å². The van der Waals surface area contributed by atoms with Crippen molar-refractivity contribution in [1.82, 2.24) is 9.97 Å². The van der Waals surface area contributed by atoms with E-state index in [1.807, 2.05) is 30.6 Å². The molecule has 0 radical (unpaired) electrons. The fourth-order valence-corrected chi connectivity index (χ4v) is 5.26. The average molecular weight is 482 g/mol. The van der Waals surface area contributed by atoms with E-state index >= 15 is 0 Å². The fraction of sp³-hybridized carbons (Fsp3) is 0.258. The van der Waals surface area contributed by atoms with Crippen LogP contribution in [-0.4, -0.2) is 16.2 Å². The molecule has 4 rings (SSSR count). The van der Waals surface area contributed by atoms with Crippen LogP contribution in [0.2, 0.25) is 5.02 Å². The molecule has 0 bridgehead atoms. The molecule has 0 amide bonds. The van der Waals surface area contributed by atoms with E-state index in [-0.39, 0.29) is 5.92 Å². The monoisotopic (exact) mass is 481 g/mol.